The summed E-state index contributed by atoms with van der Waals surface area (Å²) in [5, 5.41) is 1.95. The predicted octanol–water partition coefficient (Wildman–Crippen LogP) is 5.82. The maximum absolute atomic E-state index is 5.81. The highest BCUT2D eigenvalue weighted by Crippen LogP contribution is 2.31. The summed E-state index contributed by atoms with van der Waals surface area (Å²) in [4.78, 5) is 9.10. The Kier molecular flexibility index (Phi) is 4.81. The van der Waals surface area contributed by atoms with E-state index in [4.69, 9.17) is 8.83 Å². The first-order chi connectivity index (χ1) is 13.3. The Morgan fingerprint density at radius 3 is 2.04 bits per heavy atom. The van der Waals surface area contributed by atoms with Crippen molar-refractivity contribution in [1.82, 2.24) is 9.97 Å². The van der Waals surface area contributed by atoms with Gasteiger partial charge in [-0.2, -0.15) is 0 Å². The number of fused-ring (bicyclic) bond motifs is 5. The third-order valence-corrected chi connectivity index (χ3v) is 4.49. The van der Waals surface area contributed by atoms with Gasteiger partial charge >= 0.3 is 0 Å². The average molecular weight is 356 g/mol. The maximum Gasteiger partial charge on any atom is 0.274 e. The quantitative estimate of drug-likeness (QED) is 0.342. The van der Waals surface area contributed by atoms with E-state index in [2.05, 4.69) is 40.6 Å². The molecule has 134 valence electrons. The van der Waals surface area contributed by atoms with Crippen molar-refractivity contribution in [3.8, 4) is 23.7 Å². The standard InChI is InChI=1S/C23H20N2O2/c1-3-5-6-7-8-9-11-21-25-23-17-12-14-18-22(24-20(26-18)10-4-2)16(17)13-15-19(23)27-21/h12-15H,3,5-8H2,1-2H3. The third kappa shape index (κ3) is 3.39. The summed E-state index contributed by atoms with van der Waals surface area (Å²) >= 11 is 0. The normalized spacial score (nSPS) is 10.7. The average Bonchev–Trinajstić information content (AvgIpc) is 3.27. The topological polar surface area (TPSA) is 52.1 Å². The van der Waals surface area contributed by atoms with Crippen LogP contribution in [0.15, 0.2) is 33.1 Å². The summed E-state index contributed by atoms with van der Waals surface area (Å²) in [7, 11) is 0. The number of rotatable bonds is 4. The first-order valence-electron chi connectivity index (χ1n) is 9.34. The van der Waals surface area contributed by atoms with Gasteiger partial charge in [0.1, 0.15) is 11.0 Å². The molecule has 4 aromatic rings. The molecule has 4 heteroatoms. The van der Waals surface area contributed by atoms with E-state index >= 15 is 0 Å². The molecule has 2 aromatic carbocycles. The van der Waals surface area contributed by atoms with E-state index in [9.17, 15) is 0 Å². The van der Waals surface area contributed by atoms with Crippen molar-refractivity contribution in [2.75, 3.05) is 0 Å². The van der Waals surface area contributed by atoms with E-state index in [0.717, 1.165) is 45.8 Å². The molecule has 0 aliphatic carbocycles. The lowest BCUT2D eigenvalue weighted by atomic mass is 10.1. The molecule has 0 aliphatic rings. The van der Waals surface area contributed by atoms with Crippen LogP contribution in [0.5, 0.6) is 0 Å². The van der Waals surface area contributed by atoms with Crippen molar-refractivity contribution in [2.45, 2.75) is 46.0 Å². The number of benzene rings is 2. The van der Waals surface area contributed by atoms with Crippen molar-refractivity contribution in [2.24, 2.45) is 0 Å². The lowest BCUT2D eigenvalue weighted by molar-refractivity contribution is 0.585. The zero-order valence-corrected chi connectivity index (χ0v) is 15.6. The maximum atomic E-state index is 5.81. The fourth-order valence-electron chi connectivity index (χ4n) is 3.18. The van der Waals surface area contributed by atoms with Gasteiger partial charge in [-0.05, 0) is 49.5 Å². The summed E-state index contributed by atoms with van der Waals surface area (Å²) in [5.41, 5.74) is 3.04. The van der Waals surface area contributed by atoms with E-state index in [0.29, 0.717) is 11.8 Å². The first-order valence-corrected chi connectivity index (χ1v) is 9.34. The molecule has 0 bridgehead atoms. The highest BCUT2D eigenvalue weighted by atomic mass is 16.4. The molecule has 4 nitrogen and oxygen atoms in total. The van der Waals surface area contributed by atoms with Crippen LogP contribution in [0.1, 0.15) is 57.7 Å². The van der Waals surface area contributed by atoms with Crippen molar-refractivity contribution in [1.29, 1.82) is 0 Å². The number of nitrogens with zero attached hydrogens (tertiary/aromatic N) is 2. The lowest BCUT2D eigenvalue weighted by Gasteiger charge is -1.97. The number of hydrogen-bond acceptors (Lipinski definition) is 4. The summed E-state index contributed by atoms with van der Waals surface area (Å²) in [6.45, 7) is 3.97. The molecule has 0 aliphatic heterocycles. The summed E-state index contributed by atoms with van der Waals surface area (Å²) in [6.07, 6.45) is 5.72. The van der Waals surface area contributed by atoms with Gasteiger partial charge in [0.25, 0.3) is 11.8 Å². The zero-order valence-electron chi connectivity index (χ0n) is 15.6. The third-order valence-electron chi connectivity index (χ3n) is 4.49. The molecule has 0 amide bonds. The van der Waals surface area contributed by atoms with Crippen LogP contribution < -0.4 is 0 Å². The molecule has 2 aromatic heterocycles. The molecule has 0 radical (unpaired) electrons. The van der Waals surface area contributed by atoms with Crippen LogP contribution >= 0.6 is 0 Å². The molecule has 2 heterocycles. The smallest absolute Gasteiger partial charge is 0.274 e. The van der Waals surface area contributed by atoms with Crippen LogP contribution in [0.2, 0.25) is 0 Å². The highest BCUT2D eigenvalue weighted by molar-refractivity contribution is 6.13. The van der Waals surface area contributed by atoms with Gasteiger partial charge in [-0.1, -0.05) is 38.0 Å². The summed E-state index contributed by atoms with van der Waals surface area (Å²) < 4.78 is 11.5. The molecule has 4 rings (SSSR count). The molecule has 0 saturated carbocycles. The van der Waals surface area contributed by atoms with Crippen molar-refractivity contribution >= 4 is 33.0 Å². The number of oxazole rings is 2. The fraction of sp³-hybridized carbons (Fsp3) is 0.304. The number of aromatic nitrogens is 2. The van der Waals surface area contributed by atoms with Crippen LogP contribution in [0, 0.1) is 23.7 Å². The molecular weight excluding hydrogens is 336 g/mol. The van der Waals surface area contributed by atoms with Crippen LogP contribution in [0.3, 0.4) is 0 Å². The largest absolute Gasteiger partial charge is 0.430 e. The SMILES string of the molecule is CC#Cc1nc2c(ccc3c2ccc2oc(C#CCCCCCC)nc23)o1. The van der Waals surface area contributed by atoms with E-state index < -0.39 is 0 Å². The van der Waals surface area contributed by atoms with Crippen LogP contribution in [-0.4, -0.2) is 9.97 Å². The Morgan fingerprint density at radius 2 is 1.44 bits per heavy atom. The fourth-order valence-corrected chi connectivity index (χ4v) is 3.18. The van der Waals surface area contributed by atoms with Crippen LogP contribution in [0.4, 0.5) is 0 Å². The number of unbranched alkanes of at least 4 members (excludes halogenated alkanes) is 4. The molecule has 0 N–H and O–H groups in total. The van der Waals surface area contributed by atoms with Crippen LogP contribution in [-0.2, 0) is 0 Å². The van der Waals surface area contributed by atoms with Gasteiger partial charge in [0.05, 0.1) is 0 Å². The van der Waals surface area contributed by atoms with Gasteiger partial charge in [-0.15, -0.1) is 0 Å². The number of hydrogen-bond donors (Lipinski definition) is 0. The summed E-state index contributed by atoms with van der Waals surface area (Å²) in [6, 6.07) is 7.78. The lowest BCUT2D eigenvalue weighted by Crippen LogP contribution is -1.79. The van der Waals surface area contributed by atoms with Crippen molar-refractivity contribution in [3.05, 3.63) is 36.0 Å². The molecular formula is C23H20N2O2. The van der Waals surface area contributed by atoms with Gasteiger partial charge < -0.3 is 8.83 Å². The highest BCUT2D eigenvalue weighted by Gasteiger charge is 2.13. The van der Waals surface area contributed by atoms with E-state index in [1.165, 1.54) is 19.3 Å². The predicted molar refractivity (Wildman–Crippen MR) is 107 cm³/mol. The second-order valence-corrected chi connectivity index (χ2v) is 6.45. The van der Waals surface area contributed by atoms with Crippen molar-refractivity contribution in [3.63, 3.8) is 0 Å². The van der Waals surface area contributed by atoms with Gasteiger partial charge in [0, 0.05) is 17.2 Å². The Balaban J connectivity index is 1.70. The minimum Gasteiger partial charge on any atom is -0.430 e. The molecule has 0 spiro atoms. The van der Waals surface area contributed by atoms with Gasteiger partial charge in [0.15, 0.2) is 11.2 Å². The molecule has 0 atom stereocenters. The summed E-state index contributed by atoms with van der Waals surface area (Å²) in [5.74, 6) is 12.8. The Morgan fingerprint density at radius 1 is 0.815 bits per heavy atom. The van der Waals surface area contributed by atoms with Gasteiger partial charge in [-0.25, -0.2) is 9.97 Å². The molecule has 0 saturated heterocycles. The van der Waals surface area contributed by atoms with E-state index in [1.54, 1.807) is 6.92 Å². The molecule has 0 unspecified atom stereocenters. The minimum atomic E-state index is 0.426. The van der Waals surface area contributed by atoms with E-state index in [-0.39, 0.29) is 0 Å². The molecule has 0 fully saturated rings. The molecule has 27 heavy (non-hydrogen) atoms. The zero-order chi connectivity index (χ0) is 18.6. The minimum absolute atomic E-state index is 0.426. The van der Waals surface area contributed by atoms with Crippen molar-refractivity contribution < 1.29 is 8.83 Å². The Hall–Kier alpha value is -3.24. The second-order valence-electron chi connectivity index (χ2n) is 6.45. The monoisotopic (exact) mass is 356 g/mol. The Labute approximate surface area is 158 Å². The first kappa shape index (κ1) is 17.2. The Bertz CT molecular complexity index is 1240. The van der Waals surface area contributed by atoms with E-state index in [1.807, 2.05) is 24.3 Å². The van der Waals surface area contributed by atoms with Crippen LogP contribution in [0.25, 0.3) is 33.0 Å². The van der Waals surface area contributed by atoms with Gasteiger partial charge in [0.2, 0.25) is 0 Å². The second kappa shape index (κ2) is 7.56. The van der Waals surface area contributed by atoms with Gasteiger partial charge in [-0.3, -0.25) is 0 Å².